The molecule has 1 saturated carbocycles. The zero-order valence-corrected chi connectivity index (χ0v) is 16.2. The SMILES string of the molecule is O=C(CCC1CCCC1)NNC(=O)c1cc(-c2ccccn2)nc2ccccc12. The number of rotatable bonds is 5. The van der Waals surface area contributed by atoms with Gasteiger partial charge in [-0.15, -0.1) is 0 Å². The molecule has 6 heteroatoms. The van der Waals surface area contributed by atoms with Crippen LogP contribution in [-0.2, 0) is 4.79 Å². The number of aromatic nitrogens is 2. The largest absolute Gasteiger partial charge is 0.273 e. The normalized spacial score (nSPS) is 14.1. The van der Waals surface area contributed by atoms with E-state index in [1.54, 1.807) is 12.3 Å². The van der Waals surface area contributed by atoms with E-state index in [1.807, 2.05) is 42.5 Å². The maximum absolute atomic E-state index is 12.8. The summed E-state index contributed by atoms with van der Waals surface area (Å²) in [5.74, 6) is 0.116. The number of pyridine rings is 2. The molecule has 6 nitrogen and oxygen atoms in total. The van der Waals surface area contributed by atoms with Gasteiger partial charge in [-0.05, 0) is 36.6 Å². The van der Waals surface area contributed by atoms with Gasteiger partial charge in [0.2, 0.25) is 5.91 Å². The molecule has 0 saturated heterocycles. The van der Waals surface area contributed by atoms with Crippen LogP contribution in [0.2, 0.25) is 0 Å². The summed E-state index contributed by atoms with van der Waals surface area (Å²) in [6, 6.07) is 14.7. The first-order chi connectivity index (χ1) is 14.2. The monoisotopic (exact) mass is 388 g/mol. The second-order valence-corrected chi connectivity index (χ2v) is 7.48. The van der Waals surface area contributed by atoms with E-state index in [-0.39, 0.29) is 11.8 Å². The van der Waals surface area contributed by atoms with Crippen LogP contribution in [-0.4, -0.2) is 21.8 Å². The van der Waals surface area contributed by atoms with Crippen LogP contribution < -0.4 is 10.9 Å². The molecule has 1 fully saturated rings. The van der Waals surface area contributed by atoms with Gasteiger partial charge in [0.15, 0.2) is 0 Å². The van der Waals surface area contributed by atoms with Crippen LogP contribution in [0.4, 0.5) is 0 Å². The van der Waals surface area contributed by atoms with Crippen molar-refractivity contribution in [3.8, 4) is 11.4 Å². The lowest BCUT2D eigenvalue weighted by atomic mass is 10.0. The molecule has 3 aromatic rings. The van der Waals surface area contributed by atoms with Gasteiger partial charge in [-0.3, -0.25) is 25.4 Å². The lowest BCUT2D eigenvalue weighted by Gasteiger charge is -2.12. The summed E-state index contributed by atoms with van der Waals surface area (Å²) in [4.78, 5) is 33.9. The lowest BCUT2D eigenvalue weighted by Crippen LogP contribution is -2.41. The fraction of sp³-hybridized carbons (Fsp3) is 0.304. The van der Waals surface area contributed by atoms with Crippen LogP contribution in [0.15, 0.2) is 54.7 Å². The number of nitrogens with one attached hydrogen (secondary N) is 2. The third kappa shape index (κ3) is 4.59. The van der Waals surface area contributed by atoms with E-state index in [4.69, 9.17) is 0 Å². The van der Waals surface area contributed by atoms with Crippen molar-refractivity contribution in [3.63, 3.8) is 0 Å². The molecular weight excluding hydrogens is 364 g/mol. The molecule has 4 rings (SSSR count). The second kappa shape index (κ2) is 8.82. The maximum atomic E-state index is 12.8. The van der Waals surface area contributed by atoms with Crippen LogP contribution >= 0.6 is 0 Å². The van der Waals surface area contributed by atoms with Crippen LogP contribution in [0, 0.1) is 5.92 Å². The highest BCUT2D eigenvalue weighted by Crippen LogP contribution is 2.28. The molecule has 0 atom stereocenters. The standard InChI is InChI=1S/C23H24N4O2/c28-22(13-12-16-7-1-2-8-16)26-27-23(29)18-15-21(20-11-5-6-14-24-20)25-19-10-4-3-9-17(18)19/h3-6,9-11,14-16H,1-2,7-8,12-13H2,(H,26,28)(H,27,29). The molecule has 0 spiro atoms. The number of hydrazine groups is 1. The van der Waals surface area contributed by atoms with Crippen LogP contribution in [0.5, 0.6) is 0 Å². The number of carbonyl (C=O) groups excluding carboxylic acids is 2. The van der Waals surface area contributed by atoms with Crippen molar-refractivity contribution in [1.29, 1.82) is 0 Å². The van der Waals surface area contributed by atoms with Gasteiger partial charge in [0.1, 0.15) is 0 Å². The van der Waals surface area contributed by atoms with Gasteiger partial charge >= 0.3 is 0 Å². The molecule has 2 amide bonds. The zero-order chi connectivity index (χ0) is 20.1. The molecule has 148 valence electrons. The smallest absolute Gasteiger partial charge is 0.270 e. The average molecular weight is 388 g/mol. The van der Waals surface area contributed by atoms with Crippen molar-refractivity contribution >= 4 is 22.7 Å². The molecular formula is C23H24N4O2. The minimum absolute atomic E-state index is 0.159. The average Bonchev–Trinajstić information content (AvgIpc) is 3.29. The van der Waals surface area contributed by atoms with Gasteiger partial charge in [-0.2, -0.15) is 0 Å². The van der Waals surface area contributed by atoms with E-state index in [9.17, 15) is 9.59 Å². The van der Waals surface area contributed by atoms with E-state index in [2.05, 4.69) is 20.8 Å². The van der Waals surface area contributed by atoms with Crippen molar-refractivity contribution in [3.05, 3.63) is 60.3 Å². The molecule has 2 N–H and O–H groups in total. The van der Waals surface area contributed by atoms with E-state index in [0.717, 1.165) is 11.8 Å². The molecule has 0 aliphatic heterocycles. The van der Waals surface area contributed by atoms with E-state index in [1.165, 1.54) is 25.7 Å². The summed E-state index contributed by atoms with van der Waals surface area (Å²) in [7, 11) is 0. The number of amides is 2. The minimum Gasteiger partial charge on any atom is -0.273 e. The highest BCUT2D eigenvalue weighted by molar-refractivity contribution is 6.07. The first-order valence-corrected chi connectivity index (χ1v) is 10.1. The first kappa shape index (κ1) is 19.1. The van der Waals surface area contributed by atoms with Gasteiger partial charge in [-0.25, -0.2) is 4.98 Å². The Bertz CT molecular complexity index is 1010. The van der Waals surface area contributed by atoms with Gasteiger partial charge in [0, 0.05) is 18.0 Å². The van der Waals surface area contributed by atoms with E-state index >= 15 is 0 Å². The van der Waals surface area contributed by atoms with Crippen molar-refractivity contribution < 1.29 is 9.59 Å². The Morgan fingerprint density at radius 2 is 1.76 bits per heavy atom. The second-order valence-electron chi connectivity index (χ2n) is 7.48. The summed E-state index contributed by atoms with van der Waals surface area (Å²) in [6.45, 7) is 0. The fourth-order valence-electron chi connectivity index (χ4n) is 3.90. The Balaban J connectivity index is 1.49. The maximum Gasteiger partial charge on any atom is 0.270 e. The molecule has 1 aromatic carbocycles. The molecule has 2 aromatic heterocycles. The Morgan fingerprint density at radius 1 is 0.966 bits per heavy atom. The van der Waals surface area contributed by atoms with Crippen LogP contribution in [0.25, 0.3) is 22.3 Å². The minimum atomic E-state index is -0.366. The number of carbonyl (C=O) groups is 2. The van der Waals surface area contributed by atoms with Gasteiger partial charge in [-0.1, -0.05) is 49.9 Å². The van der Waals surface area contributed by atoms with Crippen LogP contribution in [0.1, 0.15) is 48.9 Å². The summed E-state index contributed by atoms with van der Waals surface area (Å²) < 4.78 is 0. The third-order valence-electron chi connectivity index (χ3n) is 5.46. The van der Waals surface area contributed by atoms with Gasteiger partial charge in [0.25, 0.3) is 5.91 Å². The summed E-state index contributed by atoms with van der Waals surface area (Å²) in [6.07, 6.45) is 7.94. The van der Waals surface area contributed by atoms with Crippen molar-refractivity contribution in [2.24, 2.45) is 5.92 Å². The summed E-state index contributed by atoms with van der Waals surface area (Å²) >= 11 is 0. The molecule has 0 radical (unpaired) electrons. The number of fused-ring (bicyclic) bond motifs is 1. The van der Waals surface area contributed by atoms with Crippen LogP contribution in [0.3, 0.4) is 0 Å². The third-order valence-corrected chi connectivity index (χ3v) is 5.46. The lowest BCUT2D eigenvalue weighted by molar-refractivity contribution is -0.122. The Labute approximate surface area is 169 Å². The van der Waals surface area contributed by atoms with E-state index in [0.29, 0.717) is 34.8 Å². The number of benzene rings is 1. The predicted octanol–water partition coefficient (Wildman–Crippen LogP) is 4.03. The van der Waals surface area contributed by atoms with Crippen molar-refractivity contribution in [2.45, 2.75) is 38.5 Å². The Hall–Kier alpha value is -3.28. The summed E-state index contributed by atoms with van der Waals surface area (Å²) in [5.41, 5.74) is 7.57. The Kier molecular flexibility index (Phi) is 5.79. The van der Waals surface area contributed by atoms with Crippen molar-refractivity contribution in [1.82, 2.24) is 20.8 Å². The highest BCUT2D eigenvalue weighted by atomic mass is 16.2. The first-order valence-electron chi connectivity index (χ1n) is 10.1. The topological polar surface area (TPSA) is 84.0 Å². The predicted molar refractivity (Wildman–Crippen MR) is 112 cm³/mol. The van der Waals surface area contributed by atoms with Gasteiger partial charge < -0.3 is 0 Å². The number of hydrogen-bond donors (Lipinski definition) is 2. The number of hydrogen-bond acceptors (Lipinski definition) is 4. The highest BCUT2D eigenvalue weighted by Gasteiger charge is 2.18. The fourth-order valence-corrected chi connectivity index (χ4v) is 3.90. The molecule has 29 heavy (non-hydrogen) atoms. The molecule has 0 unspecified atom stereocenters. The summed E-state index contributed by atoms with van der Waals surface area (Å²) in [5, 5.41) is 0.727. The molecule has 0 bridgehead atoms. The van der Waals surface area contributed by atoms with E-state index < -0.39 is 0 Å². The van der Waals surface area contributed by atoms with Gasteiger partial charge in [0.05, 0.1) is 22.5 Å². The number of para-hydroxylation sites is 1. The molecule has 1 aliphatic rings. The quantitative estimate of drug-likeness (QED) is 0.647. The molecule has 2 heterocycles. The Morgan fingerprint density at radius 3 is 2.55 bits per heavy atom. The number of nitrogens with zero attached hydrogens (tertiary/aromatic N) is 2. The zero-order valence-electron chi connectivity index (χ0n) is 16.2. The van der Waals surface area contributed by atoms with Crippen molar-refractivity contribution in [2.75, 3.05) is 0 Å². The molecule has 1 aliphatic carbocycles.